The number of hydrogen-bond acceptors (Lipinski definition) is 4. The van der Waals surface area contributed by atoms with E-state index in [-0.39, 0.29) is 23.4 Å². The van der Waals surface area contributed by atoms with Crippen LogP contribution in [0.3, 0.4) is 0 Å². The van der Waals surface area contributed by atoms with E-state index in [1.165, 1.54) is 42.5 Å². The van der Waals surface area contributed by atoms with Gasteiger partial charge in [0.2, 0.25) is 5.91 Å². The zero-order valence-corrected chi connectivity index (χ0v) is 21.7. The summed E-state index contributed by atoms with van der Waals surface area (Å²) in [6.07, 6.45) is -0.256. The number of rotatable bonds is 8. The summed E-state index contributed by atoms with van der Waals surface area (Å²) in [5, 5.41) is 21.6. The van der Waals surface area contributed by atoms with Crippen LogP contribution in [0, 0.1) is 11.7 Å². The van der Waals surface area contributed by atoms with Crippen LogP contribution in [-0.4, -0.2) is 25.9 Å². The van der Waals surface area contributed by atoms with Crippen molar-refractivity contribution in [1.29, 1.82) is 0 Å². The summed E-state index contributed by atoms with van der Waals surface area (Å²) >= 11 is 0. The number of nitrogens with zero attached hydrogens (tertiary/aromatic N) is 1. The van der Waals surface area contributed by atoms with Gasteiger partial charge in [0.1, 0.15) is 11.6 Å². The van der Waals surface area contributed by atoms with Crippen molar-refractivity contribution in [3.05, 3.63) is 114 Å². The second-order valence-corrected chi connectivity index (χ2v) is 11.2. The second kappa shape index (κ2) is 10.8. The number of aliphatic hydroxyl groups excluding tert-OH is 1. The predicted octanol–water partition coefficient (Wildman–Crippen LogP) is 5.22. The molecule has 1 aliphatic heterocycles. The molecule has 1 saturated heterocycles. The number of aliphatic hydroxyl groups is 1. The largest absolute Gasteiger partial charge is 0.508 e. The third kappa shape index (κ3) is 5.51. The Bertz CT molecular complexity index is 1540. The molecule has 200 valence electrons. The Morgan fingerprint density at radius 2 is 1.56 bits per heavy atom. The molecule has 5 rings (SSSR count). The van der Waals surface area contributed by atoms with E-state index in [4.69, 9.17) is 0 Å². The van der Waals surface area contributed by atoms with Crippen molar-refractivity contribution in [2.45, 2.75) is 25.0 Å². The molecule has 0 aromatic heterocycles. The van der Waals surface area contributed by atoms with Gasteiger partial charge in [-0.3, -0.25) is 9.36 Å². The molecular formula is C30H27FNO6P. The number of benzene rings is 4. The van der Waals surface area contributed by atoms with E-state index in [1.807, 2.05) is 30.3 Å². The molecule has 0 radical (unpaired) electrons. The van der Waals surface area contributed by atoms with Crippen molar-refractivity contribution < 1.29 is 33.7 Å². The van der Waals surface area contributed by atoms with E-state index in [0.29, 0.717) is 34.4 Å². The molecule has 0 saturated carbocycles. The minimum Gasteiger partial charge on any atom is -0.508 e. The van der Waals surface area contributed by atoms with Gasteiger partial charge in [0, 0.05) is 11.3 Å². The van der Waals surface area contributed by atoms with Crippen molar-refractivity contribution >= 4 is 24.5 Å². The van der Waals surface area contributed by atoms with Crippen LogP contribution in [0.25, 0.3) is 11.1 Å². The highest BCUT2D eigenvalue weighted by atomic mass is 31.2. The van der Waals surface area contributed by atoms with Gasteiger partial charge in [-0.25, -0.2) is 4.39 Å². The van der Waals surface area contributed by atoms with Gasteiger partial charge in [-0.1, -0.05) is 54.6 Å². The lowest BCUT2D eigenvalue weighted by Crippen LogP contribution is -2.55. The number of hydrogen-bond donors (Lipinski definition) is 4. The zero-order valence-electron chi connectivity index (χ0n) is 20.8. The van der Waals surface area contributed by atoms with Crippen LogP contribution >= 0.6 is 7.60 Å². The maximum atomic E-state index is 13.3. The first kappa shape index (κ1) is 26.8. The highest BCUT2D eigenvalue weighted by Gasteiger charge is 2.49. The SMILES string of the molecule is O=C1[C@H](CC[C@H](O)c2ccc(F)cc2)[C@@H](c2ccc(-c3cccc(P(=O)(O)O)c3)cc2O)N1c1ccccc1. The molecular weight excluding hydrogens is 520 g/mol. The van der Waals surface area contributed by atoms with E-state index in [1.54, 1.807) is 29.2 Å². The first-order valence-electron chi connectivity index (χ1n) is 12.4. The zero-order chi connectivity index (χ0) is 27.7. The average Bonchev–Trinajstić information content (AvgIpc) is 2.92. The van der Waals surface area contributed by atoms with Crippen LogP contribution in [-0.2, 0) is 9.36 Å². The van der Waals surface area contributed by atoms with Gasteiger partial charge in [0.25, 0.3) is 0 Å². The fourth-order valence-electron chi connectivity index (χ4n) is 5.09. The van der Waals surface area contributed by atoms with Gasteiger partial charge in [-0.15, -0.1) is 0 Å². The summed E-state index contributed by atoms with van der Waals surface area (Å²) in [5.41, 5.74) is 2.85. The molecule has 4 N–H and O–H groups in total. The molecule has 3 atom stereocenters. The molecule has 4 aromatic carbocycles. The number of halogens is 1. The van der Waals surface area contributed by atoms with Crippen LogP contribution in [0.2, 0.25) is 0 Å². The smallest absolute Gasteiger partial charge is 0.356 e. The summed E-state index contributed by atoms with van der Waals surface area (Å²) in [4.78, 5) is 34.0. The van der Waals surface area contributed by atoms with Gasteiger partial charge < -0.3 is 24.9 Å². The quantitative estimate of drug-likeness (QED) is 0.178. The molecule has 9 heteroatoms. The van der Waals surface area contributed by atoms with E-state index in [9.17, 15) is 33.7 Å². The normalized spacial score (nSPS) is 18.1. The lowest BCUT2D eigenvalue weighted by atomic mass is 9.77. The molecule has 4 aromatic rings. The van der Waals surface area contributed by atoms with Crippen molar-refractivity contribution in [2.24, 2.45) is 5.92 Å². The number of aromatic hydroxyl groups is 1. The van der Waals surface area contributed by atoms with Crippen molar-refractivity contribution in [3.8, 4) is 16.9 Å². The number of phenols is 1. The molecule has 1 fully saturated rings. The van der Waals surface area contributed by atoms with Crippen molar-refractivity contribution in [3.63, 3.8) is 0 Å². The first-order chi connectivity index (χ1) is 18.6. The lowest BCUT2D eigenvalue weighted by Gasteiger charge is -2.48. The van der Waals surface area contributed by atoms with Gasteiger partial charge in [-0.2, -0.15) is 0 Å². The molecule has 39 heavy (non-hydrogen) atoms. The molecule has 0 aliphatic carbocycles. The van der Waals surface area contributed by atoms with Crippen molar-refractivity contribution in [2.75, 3.05) is 4.90 Å². The van der Waals surface area contributed by atoms with Gasteiger partial charge >= 0.3 is 7.60 Å². The minimum absolute atomic E-state index is 0.0587. The Balaban J connectivity index is 1.44. The summed E-state index contributed by atoms with van der Waals surface area (Å²) in [6, 6.07) is 25.2. The molecule has 0 spiro atoms. The fourth-order valence-corrected chi connectivity index (χ4v) is 5.68. The van der Waals surface area contributed by atoms with E-state index in [0.717, 1.165) is 0 Å². The number of carbonyl (C=O) groups is 1. The van der Waals surface area contributed by atoms with Crippen LogP contribution in [0.5, 0.6) is 5.75 Å². The molecule has 1 aliphatic rings. The maximum absolute atomic E-state index is 13.3. The summed E-state index contributed by atoms with van der Waals surface area (Å²) < 4.78 is 25.0. The van der Waals surface area contributed by atoms with Crippen LogP contribution in [0.15, 0.2) is 97.1 Å². The van der Waals surface area contributed by atoms with Gasteiger partial charge in [-0.05, 0) is 72.0 Å². The Morgan fingerprint density at radius 1 is 0.872 bits per heavy atom. The summed E-state index contributed by atoms with van der Waals surface area (Å²) in [7, 11) is -4.44. The number of anilines is 1. The highest BCUT2D eigenvalue weighted by molar-refractivity contribution is 7.60. The number of para-hydroxylation sites is 1. The van der Waals surface area contributed by atoms with E-state index < -0.39 is 31.5 Å². The van der Waals surface area contributed by atoms with E-state index in [2.05, 4.69) is 0 Å². The Labute approximate surface area is 225 Å². The third-order valence-corrected chi connectivity index (χ3v) is 8.07. The third-order valence-electron chi connectivity index (χ3n) is 7.12. The Morgan fingerprint density at radius 3 is 2.23 bits per heavy atom. The number of β-lactam (4-membered cyclic amide) rings is 1. The number of phenolic OH excluding ortho intramolecular Hbond substituents is 1. The fraction of sp³-hybridized carbons (Fsp3) is 0.167. The number of carbonyl (C=O) groups excluding carboxylic acids is 1. The maximum Gasteiger partial charge on any atom is 0.356 e. The Kier molecular flexibility index (Phi) is 7.38. The molecule has 7 nitrogen and oxygen atoms in total. The molecule has 1 amide bonds. The van der Waals surface area contributed by atoms with Gasteiger partial charge in [0.15, 0.2) is 0 Å². The number of amides is 1. The van der Waals surface area contributed by atoms with E-state index >= 15 is 0 Å². The van der Waals surface area contributed by atoms with Crippen LogP contribution < -0.4 is 10.2 Å². The predicted molar refractivity (Wildman–Crippen MR) is 146 cm³/mol. The topological polar surface area (TPSA) is 118 Å². The highest BCUT2D eigenvalue weighted by Crippen LogP contribution is 2.49. The summed E-state index contributed by atoms with van der Waals surface area (Å²) in [6.45, 7) is 0. The monoisotopic (exact) mass is 547 g/mol. The Hall–Kier alpha value is -3.81. The minimum atomic E-state index is -4.44. The summed E-state index contributed by atoms with van der Waals surface area (Å²) in [5.74, 6) is -1.09. The van der Waals surface area contributed by atoms with Gasteiger partial charge in [0.05, 0.1) is 23.4 Å². The molecule has 0 unspecified atom stereocenters. The lowest BCUT2D eigenvalue weighted by molar-refractivity contribution is -0.131. The van der Waals surface area contributed by atoms with Crippen molar-refractivity contribution in [1.82, 2.24) is 0 Å². The first-order valence-corrected chi connectivity index (χ1v) is 14.1. The van der Waals surface area contributed by atoms with Crippen LogP contribution in [0.4, 0.5) is 10.1 Å². The second-order valence-electron chi connectivity index (χ2n) is 9.61. The average molecular weight is 548 g/mol. The molecule has 0 bridgehead atoms. The molecule has 1 heterocycles. The standard InChI is InChI=1S/C30H27FNO6P/c31-22-12-9-19(10-13-22)27(33)16-15-26-29(32(30(26)35)23-6-2-1-3-7-23)25-14-11-21(18-28(25)34)20-5-4-8-24(17-20)39(36,37)38/h1-14,17-18,26-27,29,33-34H,15-16H2,(H2,36,37,38)/t26-,27+,29-/m1/s1. The van der Waals surface area contributed by atoms with Crippen LogP contribution in [0.1, 0.15) is 36.1 Å².